The predicted molar refractivity (Wildman–Crippen MR) is 220 cm³/mol. The van der Waals surface area contributed by atoms with E-state index in [2.05, 4.69) is 26.0 Å². The first-order valence-electron chi connectivity index (χ1n) is 22.2. The number of nitrogens with one attached hydrogen (secondary N) is 4. The molecule has 8 rings (SSSR count). The molecule has 28 nitrogen and oxygen atoms in total. The van der Waals surface area contributed by atoms with Gasteiger partial charge in [0.1, 0.15) is 61.3 Å². The SMILES string of the molecule is CC(=O)NC1C(O)CC(NC(=O)c2ncn(C3OC(CO)C(O)C3O)n2)(C(=O)O)OC1C(O)C(O)CO.CC(=O)NC1C(O)CC(NC23CC4CC(CC(C4)C2)C3)(C(=O)O)OC1C(O)C(O)CO. The lowest BCUT2D eigenvalue weighted by molar-refractivity contribution is -0.248. The zero-order valence-electron chi connectivity index (χ0n) is 37.1. The molecule has 16 unspecified atom stereocenters. The fraction of sp³-hybridized carbons (Fsp3) is 0.825. The molecule has 0 aromatic carbocycles. The number of hydrogen-bond acceptors (Lipinski definition) is 22. The molecule has 4 heterocycles. The molecule has 17 N–H and O–H groups in total. The van der Waals surface area contributed by atoms with Gasteiger partial charge in [-0.05, 0) is 56.3 Å². The van der Waals surface area contributed by atoms with Crippen LogP contribution in [-0.2, 0) is 33.4 Å². The van der Waals surface area contributed by atoms with Gasteiger partial charge in [0.15, 0.2) is 6.23 Å². The summed E-state index contributed by atoms with van der Waals surface area (Å²) in [5, 5.41) is 144. The molecule has 16 atom stereocenters. The monoisotopic (exact) mass is 977 g/mol. The van der Waals surface area contributed by atoms with Crippen LogP contribution in [0.1, 0.15) is 82.1 Å². The maximum atomic E-state index is 12.9. The molecule has 4 saturated carbocycles. The largest absolute Gasteiger partial charge is 0.478 e. The number of aliphatic carboxylic acids is 2. The van der Waals surface area contributed by atoms with E-state index < -0.39 is 164 Å². The number of carbonyl (C=O) groups is 5. The highest BCUT2D eigenvalue weighted by Gasteiger charge is 2.61. The summed E-state index contributed by atoms with van der Waals surface area (Å²) in [5.74, 6) is -4.58. The Kier molecular flexibility index (Phi) is 16.5. The summed E-state index contributed by atoms with van der Waals surface area (Å²) in [6.07, 6.45) is -13.2. The number of rotatable bonds is 16. The van der Waals surface area contributed by atoms with Crippen LogP contribution in [0.3, 0.4) is 0 Å². The average molecular weight is 978 g/mol. The van der Waals surface area contributed by atoms with Gasteiger partial charge in [-0.2, -0.15) is 0 Å². The van der Waals surface area contributed by atoms with Gasteiger partial charge in [-0.1, -0.05) is 0 Å². The molecule has 4 bridgehead atoms. The molecule has 1 aromatic heterocycles. The van der Waals surface area contributed by atoms with Crippen molar-refractivity contribution in [1.82, 2.24) is 36.0 Å². The van der Waals surface area contributed by atoms with E-state index in [1.54, 1.807) is 0 Å². The number of aromatic nitrogens is 3. The molecule has 28 heteroatoms. The van der Waals surface area contributed by atoms with Crippen LogP contribution in [0.2, 0.25) is 0 Å². The molecular formula is C40H63N7O21. The number of nitrogens with zero attached hydrogens (tertiary/aromatic N) is 3. The number of hydrogen-bond donors (Lipinski definition) is 17. The van der Waals surface area contributed by atoms with E-state index in [-0.39, 0.29) is 6.42 Å². The van der Waals surface area contributed by atoms with Gasteiger partial charge in [0, 0.05) is 32.2 Å². The Labute approximate surface area is 387 Å². The van der Waals surface area contributed by atoms with E-state index in [0.29, 0.717) is 17.8 Å². The van der Waals surface area contributed by atoms with Crippen molar-refractivity contribution in [3.05, 3.63) is 12.2 Å². The zero-order chi connectivity index (χ0) is 50.2. The third kappa shape index (κ3) is 10.9. The van der Waals surface area contributed by atoms with E-state index in [1.807, 2.05) is 5.32 Å². The summed E-state index contributed by atoms with van der Waals surface area (Å²) < 4.78 is 17.5. The average Bonchev–Trinajstić information content (AvgIpc) is 3.87. The van der Waals surface area contributed by atoms with Crippen LogP contribution >= 0.6 is 0 Å². The molecule has 0 spiro atoms. The van der Waals surface area contributed by atoms with Gasteiger partial charge in [0.05, 0.1) is 44.1 Å². The quantitative estimate of drug-likeness (QED) is 0.0731. The molecule has 68 heavy (non-hydrogen) atoms. The topological polar surface area (TPSA) is 455 Å². The van der Waals surface area contributed by atoms with E-state index >= 15 is 0 Å². The van der Waals surface area contributed by atoms with Crippen LogP contribution in [0.25, 0.3) is 0 Å². The molecule has 0 radical (unpaired) electrons. The highest BCUT2D eigenvalue weighted by atomic mass is 16.6. The number of carbonyl (C=O) groups excluding carboxylic acids is 3. The van der Waals surface area contributed by atoms with Crippen LogP contribution in [0, 0.1) is 17.8 Å². The minimum Gasteiger partial charge on any atom is -0.478 e. The van der Waals surface area contributed by atoms with E-state index in [1.165, 1.54) is 6.92 Å². The number of aliphatic hydroxyl groups is 11. The van der Waals surface area contributed by atoms with Crippen LogP contribution in [0.4, 0.5) is 0 Å². The summed E-state index contributed by atoms with van der Waals surface area (Å²) in [6.45, 7) is -0.0698. The number of carboxylic acids is 2. The van der Waals surface area contributed by atoms with Crippen molar-refractivity contribution < 1.29 is 105 Å². The van der Waals surface area contributed by atoms with E-state index in [9.17, 15) is 90.4 Å². The Bertz CT molecular complexity index is 1950. The normalized spacial score (nSPS) is 40.2. The first-order valence-corrected chi connectivity index (χ1v) is 22.2. The molecule has 1 aromatic rings. The van der Waals surface area contributed by atoms with Crippen molar-refractivity contribution in [1.29, 1.82) is 0 Å². The number of ether oxygens (including phenoxy) is 3. The van der Waals surface area contributed by atoms with E-state index in [4.69, 9.17) is 14.2 Å². The summed E-state index contributed by atoms with van der Waals surface area (Å²) in [4.78, 5) is 64.5. The minimum absolute atomic E-state index is 0.326. The van der Waals surface area contributed by atoms with Gasteiger partial charge >= 0.3 is 11.9 Å². The molecule has 3 amide bonds. The van der Waals surface area contributed by atoms with Gasteiger partial charge in [0.2, 0.25) is 29.1 Å². The Hall–Kier alpha value is -4.11. The number of aliphatic hydroxyl groups excluding tert-OH is 11. The summed E-state index contributed by atoms with van der Waals surface area (Å²) in [5.41, 5.74) is -5.11. The standard InChI is InChI=1S/C21H34N2O8.C19H29N5O13/c1-10(25)22-16-14(26)8-21(19(29)30,31-18(16)17(28)15(27)9-24)23-20-5-11-2-12(6-20)4-13(3-11)7-20;1-6(27)21-10-7(28)2-19(18(34)35,37-14(10)11(30)8(29)3-25)22-16(33)15-20-5-24(23-15)17-13(32)12(31)9(4-26)36-17/h11-18,23-24,26-28H,2-9H2,1H3,(H,22,25)(H,29,30);5,7-14,17,25-26,28-32H,2-4H2,1H3,(H,21,27)(H,22,33)(H,34,35). The predicted octanol–water partition coefficient (Wildman–Crippen LogP) is -7.54. The molecule has 7 aliphatic rings. The third-order valence-corrected chi connectivity index (χ3v) is 13.8. The van der Waals surface area contributed by atoms with Crippen molar-refractivity contribution in [3.8, 4) is 0 Å². The fourth-order valence-electron chi connectivity index (χ4n) is 11.1. The van der Waals surface area contributed by atoms with Gasteiger partial charge < -0.3 is 96.5 Å². The second kappa shape index (κ2) is 21.1. The van der Waals surface area contributed by atoms with Crippen molar-refractivity contribution in [2.45, 2.75) is 168 Å². The van der Waals surface area contributed by atoms with Crippen molar-refractivity contribution in [2.24, 2.45) is 17.8 Å². The maximum Gasteiger partial charge on any atom is 0.357 e. The summed E-state index contributed by atoms with van der Waals surface area (Å²) in [6, 6.07) is -2.57. The van der Waals surface area contributed by atoms with Crippen molar-refractivity contribution in [3.63, 3.8) is 0 Å². The zero-order valence-corrected chi connectivity index (χ0v) is 37.1. The lowest BCUT2D eigenvalue weighted by Gasteiger charge is -2.60. The van der Waals surface area contributed by atoms with Gasteiger partial charge in [-0.15, -0.1) is 5.10 Å². The van der Waals surface area contributed by atoms with E-state index in [0.717, 1.165) is 56.5 Å². The van der Waals surface area contributed by atoms with Crippen molar-refractivity contribution >= 4 is 29.7 Å². The number of amides is 3. The maximum absolute atomic E-state index is 12.9. The smallest absolute Gasteiger partial charge is 0.357 e. The van der Waals surface area contributed by atoms with Gasteiger partial charge in [0.25, 0.3) is 5.91 Å². The molecule has 7 fully saturated rings. The Balaban J connectivity index is 0.000000227. The first kappa shape index (κ1) is 53.2. The summed E-state index contributed by atoms with van der Waals surface area (Å²) in [7, 11) is 0. The molecular weight excluding hydrogens is 914 g/mol. The highest BCUT2D eigenvalue weighted by molar-refractivity contribution is 5.94. The van der Waals surface area contributed by atoms with Gasteiger partial charge in [-0.25, -0.2) is 19.3 Å². The lowest BCUT2D eigenvalue weighted by atomic mass is 9.52. The van der Waals surface area contributed by atoms with Crippen LogP contribution < -0.4 is 21.3 Å². The molecule has 4 aliphatic carbocycles. The Morgan fingerprint density at radius 2 is 1.18 bits per heavy atom. The number of carboxylic acid groups (broad SMARTS) is 2. The van der Waals surface area contributed by atoms with Crippen LogP contribution in [0.15, 0.2) is 6.33 Å². The minimum atomic E-state index is -2.71. The second-order valence-corrected chi connectivity index (χ2v) is 19.0. The third-order valence-electron chi connectivity index (χ3n) is 13.8. The summed E-state index contributed by atoms with van der Waals surface area (Å²) >= 11 is 0. The van der Waals surface area contributed by atoms with Gasteiger partial charge in [-0.3, -0.25) is 19.7 Å². The Morgan fingerprint density at radius 3 is 1.59 bits per heavy atom. The molecule has 3 aliphatic heterocycles. The van der Waals surface area contributed by atoms with Crippen LogP contribution in [-0.4, -0.2) is 227 Å². The molecule has 3 saturated heterocycles. The molecule has 384 valence electrons. The second-order valence-electron chi connectivity index (χ2n) is 19.0. The van der Waals surface area contributed by atoms with Crippen LogP contribution in [0.5, 0.6) is 0 Å². The first-order chi connectivity index (χ1) is 31.9. The lowest BCUT2D eigenvalue weighted by Crippen LogP contribution is -2.75. The van der Waals surface area contributed by atoms with Crippen molar-refractivity contribution in [2.75, 3.05) is 19.8 Å². The fourth-order valence-corrected chi connectivity index (χ4v) is 11.1. The Morgan fingerprint density at radius 1 is 0.721 bits per heavy atom. The highest BCUT2D eigenvalue weighted by Crippen LogP contribution is 2.56.